The molecule has 0 aliphatic carbocycles. The van der Waals surface area contributed by atoms with Crippen LogP contribution < -0.4 is 30.2 Å². The lowest BCUT2D eigenvalue weighted by Gasteiger charge is -2.19. The van der Waals surface area contributed by atoms with E-state index in [9.17, 15) is 14.4 Å². The Bertz CT molecular complexity index is 1730. The Morgan fingerprint density at radius 3 is 2.38 bits per heavy atom. The number of benzene rings is 3. The quantitative estimate of drug-likeness (QED) is 0.193. The molecule has 11 nitrogen and oxygen atoms in total. The third kappa shape index (κ3) is 8.41. The van der Waals surface area contributed by atoms with E-state index in [0.29, 0.717) is 78.2 Å². The summed E-state index contributed by atoms with van der Waals surface area (Å²) in [7, 11) is 0. The minimum atomic E-state index is -0.546. The molecular weight excluding hydrogens is 576 g/mol. The number of ether oxygens (including phenoxy) is 4. The number of fused-ring (bicyclic) bond motifs is 2. The van der Waals surface area contributed by atoms with Gasteiger partial charge in [-0.15, -0.1) is 0 Å². The number of rotatable bonds is 9. The lowest BCUT2D eigenvalue weighted by atomic mass is 10.1. The highest BCUT2D eigenvalue weighted by molar-refractivity contribution is 6.08. The molecule has 0 bridgehead atoms. The first kappa shape index (κ1) is 31.1. The average Bonchev–Trinajstić information content (AvgIpc) is 3.01. The van der Waals surface area contributed by atoms with Crippen molar-refractivity contribution in [3.63, 3.8) is 0 Å². The summed E-state index contributed by atoms with van der Waals surface area (Å²) in [4.78, 5) is 42.4. The number of aromatic nitrogens is 1. The standard InChI is InChI=1S/C34H36N4O7/c1-21-6-10-25(36-31(39)24-8-12-28-29(19-24)43-17-16-42-28)20-27(21)38-32(40)23-7-11-26-22(18-23)9-13-30(37-26)44-15-5-14-35-33(41)45-34(2,3)4/h6-13,18-20H,5,14-17H2,1-4H3,(H,35,41)(H,36,39)(H,38,40). The van der Waals surface area contributed by atoms with E-state index >= 15 is 0 Å². The zero-order valence-corrected chi connectivity index (χ0v) is 25.7. The van der Waals surface area contributed by atoms with Gasteiger partial charge in [0.2, 0.25) is 5.88 Å². The van der Waals surface area contributed by atoms with Crippen LogP contribution in [0.4, 0.5) is 16.2 Å². The van der Waals surface area contributed by atoms with E-state index in [1.165, 1.54) is 0 Å². The van der Waals surface area contributed by atoms with E-state index in [-0.39, 0.29) is 11.8 Å². The van der Waals surface area contributed by atoms with Gasteiger partial charge in [0.15, 0.2) is 11.5 Å². The fraction of sp³-hybridized carbons (Fsp3) is 0.294. The minimum Gasteiger partial charge on any atom is -0.486 e. The fourth-order valence-corrected chi connectivity index (χ4v) is 4.50. The number of carbonyl (C=O) groups excluding carboxylic acids is 3. The summed E-state index contributed by atoms with van der Waals surface area (Å²) in [6.07, 6.45) is 0.120. The number of hydrogen-bond acceptors (Lipinski definition) is 8. The van der Waals surface area contributed by atoms with Gasteiger partial charge in [0.25, 0.3) is 11.8 Å². The zero-order chi connectivity index (χ0) is 32.0. The van der Waals surface area contributed by atoms with Crippen LogP contribution in [0.25, 0.3) is 10.9 Å². The normalized spacial score (nSPS) is 12.3. The second-order valence-corrected chi connectivity index (χ2v) is 11.5. The molecule has 0 atom stereocenters. The van der Waals surface area contributed by atoms with E-state index in [2.05, 4.69) is 20.9 Å². The zero-order valence-electron chi connectivity index (χ0n) is 25.7. The largest absolute Gasteiger partial charge is 0.486 e. The molecule has 4 aromatic rings. The van der Waals surface area contributed by atoms with Crippen molar-refractivity contribution in [1.82, 2.24) is 10.3 Å². The molecule has 5 rings (SSSR count). The molecule has 3 N–H and O–H groups in total. The van der Waals surface area contributed by atoms with Crippen LogP contribution in [0.15, 0.2) is 66.7 Å². The summed E-state index contributed by atoms with van der Waals surface area (Å²) in [5.74, 6) is 0.981. The summed E-state index contributed by atoms with van der Waals surface area (Å²) in [6, 6.07) is 19.2. The van der Waals surface area contributed by atoms with Gasteiger partial charge in [0, 0.05) is 40.5 Å². The van der Waals surface area contributed by atoms with Crippen molar-refractivity contribution >= 4 is 40.2 Å². The van der Waals surface area contributed by atoms with Gasteiger partial charge in [0.05, 0.1) is 12.1 Å². The predicted octanol–water partition coefficient (Wildman–Crippen LogP) is 6.11. The maximum absolute atomic E-state index is 13.2. The average molecular weight is 613 g/mol. The van der Waals surface area contributed by atoms with E-state index in [1.54, 1.807) is 54.6 Å². The van der Waals surface area contributed by atoms with Gasteiger partial charge in [0.1, 0.15) is 18.8 Å². The topological polar surface area (TPSA) is 137 Å². The molecule has 1 aliphatic rings. The molecule has 0 saturated heterocycles. The van der Waals surface area contributed by atoms with Gasteiger partial charge in [-0.2, -0.15) is 0 Å². The fourth-order valence-electron chi connectivity index (χ4n) is 4.50. The summed E-state index contributed by atoms with van der Waals surface area (Å²) < 4.78 is 22.1. The summed E-state index contributed by atoms with van der Waals surface area (Å²) in [5, 5.41) is 9.30. The van der Waals surface area contributed by atoms with Gasteiger partial charge >= 0.3 is 6.09 Å². The van der Waals surface area contributed by atoms with E-state index in [4.69, 9.17) is 18.9 Å². The Hall–Kier alpha value is -5.32. The molecule has 3 aromatic carbocycles. The number of pyridine rings is 1. The number of amides is 3. The second kappa shape index (κ2) is 13.5. The number of aryl methyl sites for hydroxylation is 1. The van der Waals surface area contributed by atoms with Crippen LogP contribution in [0.2, 0.25) is 0 Å². The molecular formula is C34H36N4O7. The number of carbonyl (C=O) groups is 3. The van der Waals surface area contributed by atoms with Crippen molar-refractivity contribution < 1.29 is 33.3 Å². The van der Waals surface area contributed by atoms with Crippen LogP contribution in [-0.4, -0.2) is 54.9 Å². The number of alkyl carbamates (subject to hydrolysis) is 1. The second-order valence-electron chi connectivity index (χ2n) is 11.5. The Kier molecular flexibility index (Phi) is 9.36. The molecule has 45 heavy (non-hydrogen) atoms. The highest BCUT2D eigenvalue weighted by atomic mass is 16.6. The van der Waals surface area contributed by atoms with Crippen LogP contribution in [0.1, 0.15) is 53.5 Å². The predicted molar refractivity (Wildman–Crippen MR) is 171 cm³/mol. The number of nitrogens with zero attached hydrogens (tertiary/aromatic N) is 1. The van der Waals surface area contributed by atoms with Crippen LogP contribution in [0.5, 0.6) is 17.4 Å². The number of anilines is 2. The van der Waals surface area contributed by atoms with Crippen molar-refractivity contribution in [2.45, 2.75) is 39.7 Å². The van der Waals surface area contributed by atoms with Crippen LogP contribution in [0.3, 0.4) is 0 Å². The third-order valence-electron chi connectivity index (χ3n) is 6.71. The first-order valence-corrected chi connectivity index (χ1v) is 14.7. The van der Waals surface area contributed by atoms with Gasteiger partial charge in [-0.3, -0.25) is 9.59 Å². The Morgan fingerprint density at radius 2 is 1.58 bits per heavy atom. The number of nitrogens with one attached hydrogen (secondary N) is 3. The van der Waals surface area contributed by atoms with Crippen LogP contribution in [-0.2, 0) is 4.74 Å². The third-order valence-corrected chi connectivity index (χ3v) is 6.71. The first-order chi connectivity index (χ1) is 21.5. The lowest BCUT2D eigenvalue weighted by molar-refractivity contribution is 0.0525. The lowest BCUT2D eigenvalue weighted by Crippen LogP contribution is -2.33. The smallest absolute Gasteiger partial charge is 0.407 e. The summed E-state index contributed by atoms with van der Waals surface area (Å²) >= 11 is 0. The molecule has 0 fully saturated rings. The van der Waals surface area contributed by atoms with Crippen molar-refractivity contribution in [3.8, 4) is 17.4 Å². The SMILES string of the molecule is Cc1ccc(NC(=O)c2ccc3c(c2)OCCO3)cc1NC(=O)c1ccc2nc(OCCCNC(=O)OC(C)(C)C)ccc2c1. The molecule has 2 heterocycles. The van der Waals surface area contributed by atoms with Gasteiger partial charge < -0.3 is 34.9 Å². The van der Waals surface area contributed by atoms with Crippen molar-refractivity contribution in [2.75, 3.05) is 37.0 Å². The molecule has 3 amide bonds. The first-order valence-electron chi connectivity index (χ1n) is 14.7. The molecule has 0 radical (unpaired) electrons. The van der Waals surface area contributed by atoms with Gasteiger partial charge in [-0.05, 0) is 94.3 Å². The van der Waals surface area contributed by atoms with Gasteiger partial charge in [-0.1, -0.05) is 6.07 Å². The molecule has 0 unspecified atom stereocenters. The molecule has 0 saturated carbocycles. The van der Waals surface area contributed by atoms with Gasteiger partial charge in [-0.25, -0.2) is 9.78 Å². The molecule has 1 aliphatic heterocycles. The summed E-state index contributed by atoms with van der Waals surface area (Å²) in [5.41, 5.74) is 2.96. The van der Waals surface area contributed by atoms with E-state index in [0.717, 1.165) is 10.9 Å². The monoisotopic (exact) mass is 612 g/mol. The highest BCUT2D eigenvalue weighted by Crippen LogP contribution is 2.31. The Labute approximate surface area is 261 Å². The van der Waals surface area contributed by atoms with E-state index < -0.39 is 11.7 Å². The van der Waals surface area contributed by atoms with Crippen molar-refractivity contribution in [3.05, 3.63) is 83.4 Å². The Morgan fingerprint density at radius 1 is 0.844 bits per heavy atom. The highest BCUT2D eigenvalue weighted by Gasteiger charge is 2.17. The van der Waals surface area contributed by atoms with Crippen molar-refractivity contribution in [2.24, 2.45) is 0 Å². The van der Waals surface area contributed by atoms with E-state index in [1.807, 2.05) is 39.8 Å². The molecule has 234 valence electrons. The Balaban J connectivity index is 1.16. The van der Waals surface area contributed by atoms with Crippen LogP contribution >= 0.6 is 0 Å². The maximum atomic E-state index is 13.2. The maximum Gasteiger partial charge on any atom is 0.407 e. The minimum absolute atomic E-state index is 0.298. The molecule has 1 aromatic heterocycles. The van der Waals surface area contributed by atoms with Crippen LogP contribution in [0, 0.1) is 6.92 Å². The van der Waals surface area contributed by atoms with Crippen molar-refractivity contribution in [1.29, 1.82) is 0 Å². The molecule has 11 heteroatoms. The number of hydrogen-bond donors (Lipinski definition) is 3. The molecule has 0 spiro atoms. The summed E-state index contributed by atoms with van der Waals surface area (Å²) in [6.45, 7) is 8.99.